The van der Waals surface area contributed by atoms with E-state index in [9.17, 15) is 0 Å². The fourth-order valence-corrected chi connectivity index (χ4v) is 14.6. The van der Waals surface area contributed by atoms with E-state index < -0.39 is 0 Å². The number of fused-ring (bicyclic) bond motifs is 8. The molecule has 27 heteroatoms. The van der Waals surface area contributed by atoms with Gasteiger partial charge in [0.05, 0.1) is 66.1 Å². The van der Waals surface area contributed by atoms with Crippen LogP contribution >= 0.6 is 140 Å². The van der Waals surface area contributed by atoms with Crippen LogP contribution in [0.1, 0.15) is 26.7 Å². The van der Waals surface area contributed by atoms with Crippen LogP contribution in [0.4, 0.5) is 0 Å². The summed E-state index contributed by atoms with van der Waals surface area (Å²) in [5, 5.41) is 18.5. The molecule has 4 radical (unpaired) electrons. The number of rotatable bonds is 10. The summed E-state index contributed by atoms with van der Waals surface area (Å²) >= 11 is 40.3. The van der Waals surface area contributed by atoms with Crippen molar-refractivity contribution < 1.29 is 17.1 Å². The summed E-state index contributed by atoms with van der Waals surface area (Å²) in [6.45, 7) is 4.51. The van der Waals surface area contributed by atoms with Gasteiger partial charge in [-0.15, -0.1) is 93.1 Å². The average molecular weight is 1210 g/mol. The molecule has 0 saturated carbocycles. The van der Waals surface area contributed by atoms with E-state index in [1.807, 2.05) is 144 Å². The molecular weight excluding hydrogens is 1170 g/mol. The Balaban J connectivity index is 0.000000231. The van der Waals surface area contributed by atoms with Crippen molar-refractivity contribution in [3.05, 3.63) is 140 Å². The Bertz CT molecular complexity index is 2750. The van der Waals surface area contributed by atoms with Gasteiger partial charge < -0.3 is 18.4 Å². The first-order chi connectivity index (χ1) is 33.9. The molecule has 70 heavy (non-hydrogen) atoms. The van der Waals surface area contributed by atoms with E-state index in [0.717, 1.165) is 43.9 Å². The molecule has 7 aromatic heterocycles. The number of aromatic nitrogens is 12. The van der Waals surface area contributed by atoms with E-state index in [4.69, 9.17) is 79.6 Å². The summed E-state index contributed by atoms with van der Waals surface area (Å²) in [5.41, 5.74) is 5.37. The van der Waals surface area contributed by atoms with Crippen molar-refractivity contribution >= 4 is 199 Å². The van der Waals surface area contributed by atoms with E-state index in [0.29, 0.717) is 0 Å². The molecule has 9 aromatic rings. The summed E-state index contributed by atoms with van der Waals surface area (Å²) in [4.78, 5) is 22.1. The van der Waals surface area contributed by atoms with Gasteiger partial charge in [0.2, 0.25) is 0 Å². The van der Waals surface area contributed by atoms with Gasteiger partial charge in [-0.25, -0.2) is 30.4 Å². The second-order valence-corrected chi connectivity index (χ2v) is 23.1. The van der Waals surface area contributed by atoms with Crippen LogP contribution in [-0.2, 0) is 17.1 Å². The van der Waals surface area contributed by atoms with Gasteiger partial charge in [-0.1, -0.05) is 60.9 Å². The molecule has 12 nitrogen and oxygen atoms in total. The van der Waals surface area contributed by atoms with Crippen LogP contribution in [0.25, 0.3) is 43.9 Å². The second-order valence-electron chi connectivity index (χ2n) is 13.2. The molecule has 0 unspecified atom stereocenters. The first-order valence-electron chi connectivity index (χ1n) is 20.6. The van der Waals surface area contributed by atoms with Gasteiger partial charge in [0.1, 0.15) is 0 Å². The third kappa shape index (κ3) is 16.8. The average Bonchev–Trinajstić information content (AvgIpc) is 4.24. The van der Waals surface area contributed by atoms with Crippen molar-refractivity contribution in [3.63, 3.8) is 0 Å². The van der Waals surface area contributed by atoms with Crippen molar-refractivity contribution in [2.45, 2.75) is 36.5 Å². The summed E-state index contributed by atoms with van der Waals surface area (Å²) < 4.78 is 12.5. The third-order valence-electron chi connectivity index (χ3n) is 8.64. The Kier molecular flexibility index (Phi) is 26.8. The SMILES string of the molecule is CCCSC1=C(SCCC)SC(=C2Sc3cc4nc5c6cccnc6c6ncccc6c5nc4cc3S2)S1.ClCCl.ClCCl.ClCCl.[B-](n1cccn1)n1cccn1.[B-](n1cccn1)n1cccn1.[Fe+2]. The molecular formula is C43H40B2Cl6FeN12S6. The molecule has 0 bridgehead atoms. The minimum Gasteiger partial charge on any atom is -0.489 e. The smallest absolute Gasteiger partial charge is 0.489 e. The molecule has 2 aliphatic rings. The predicted octanol–water partition coefficient (Wildman–Crippen LogP) is 14.4. The van der Waals surface area contributed by atoms with E-state index in [1.165, 1.54) is 51.1 Å². The fraction of sp³-hybridized carbons (Fsp3) is 0.209. The third-order valence-corrected chi connectivity index (χ3v) is 17.6. The van der Waals surface area contributed by atoms with E-state index in [-0.39, 0.29) is 33.1 Å². The van der Waals surface area contributed by atoms with Gasteiger partial charge in [0.15, 0.2) is 0 Å². The van der Waals surface area contributed by atoms with Crippen molar-refractivity contribution in [2.24, 2.45) is 0 Å². The maximum Gasteiger partial charge on any atom is 2.00 e. The first-order valence-corrected chi connectivity index (χ1v) is 29.1. The Hall–Kier alpha value is -2.33. The topological polar surface area (TPSA) is 123 Å². The molecule has 0 saturated heterocycles. The van der Waals surface area contributed by atoms with Crippen molar-refractivity contribution in [3.8, 4) is 0 Å². The molecule has 2 aliphatic heterocycles. The molecule has 364 valence electrons. The summed E-state index contributed by atoms with van der Waals surface area (Å²) in [6, 6.07) is 19.9. The van der Waals surface area contributed by atoms with Gasteiger partial charge in [-0.2, -0.15) is 0 Å². The van der Waals surface area contributed by atoms with E-state index in [1.54, 1.807) is 58.3 Å². The van der Waals surface area contributed by atoms with Gasteiger partial charge in [-0.3, -0.25) is 9.97 Å². The standard InChI is InChI=1S/C28H22N4S6.2C6H6BN4.3CH2Cl2.Fe/c1-3-11-33-25-26(34-12-4-2)38-28(37-25)27-35-19-13-17-18(14-20(19)36-27)32-24-16-8-6-10-30-22(16)21-15(23(24)31-17)7-5-9-29-21;2*1-3-8-10(5-1)7-11-6-2-4-9-11;3*2-1-3;/h5-10,13-14H,3-4,11-12H2,1-2H3;2*1-6H;3*1H2;/q;2*-1;;;;+2. The molecule has 9 heterocycles. The van der Waals surface area contributed by atoms with Crippen LogP contribution in [-0.4, -0.2) is 101 Å². The van der Waals surface area contributed by atoms with Crippen molar-refractivity contribution in [1.82, 2.24) is 58.7 Å². The molecule has 0 N–H and O–H groups in total. The summed E-state index contributed by atoms with van der Waals surface area (Å²) in [5.74, 6) is 2.35. The quantitative estimate of drug-likeness (QED) is 0.0558. The van der Waals surface area contributed by atoms with Crippen molar-refractivity contribution in [2.75, 3.05) is 27.5 Å². The van der Waals surface area contributed by atoms with Crippen LogP contribution in [0.3, 0.4) is 0 Å². The van der Waals surface area contributed by atoms with Gasteiger partial charge in [-0.05, 0) is 125 Å². The second kappa shape index (κ2) is 32.1. The number of alkyl halides is 6. The summed E-state index contributed by atoms with van der Waals surface area (Å²) in [6.07, 6.45) is 20.3. The molecule has 2 aromatic carbocycles. The number of nitrogens with zero attached hydrogens (tertiary/aromatic N) is 12. The Labute approximate surface area is 473 Å². The molecule has 0 aliphatic carbocycles. The number of pyridine rings is 2. The summed E-state index contributed by atoms with van der Waals surface area (Å²) in [7, 11) is 3.56. The van der Waals surface area contributed by atoms with Crippen LogP contribution < -0.4 is 0 Å². The van der Waals surface area contributed by atoms with Crippen LogP contribution in [0.5, 0.6) is 0 Å². The zero-order valence-corrected chi connectivity index (χ0v) is 47.6. The molecule has 0 spiro atoms. The largest absolute Gasteiger partial charge is 2.00 e. The minimum absolute atomic E-state index is 0. The van der Waals surface area contributed by atoms with Crippen molar-refractivity contribution in [1.29, 1.82) is 0 Å². The maximum absolute atomic E-state index is 5.15. The molecule has 0 fully saturated rings. The van der Waals surface area contributed by atoms with E-state index in [2.05, 4.69) is 68.5 Å². The molecule has 0 atom stereocenters. The molecule has 11 rings (SSSR count). The normalized spacial score (nSPS) is 12.5. The van der Waals surface area contributed by atoms with Gasteiger partial charge in [0, 0.05) is 57.7 Å². The van der Waals surface area contributed by atoms with Crippen LogP contribution in [0.2, 0.25) is 0 Å². The first kappa shape index (κ1) is 58.6. The Morgan fingerprint density at radius 3 is 1.14 bits per heavy atom. The van der Waals surface area contributed by atoms with E-state index >= 15 is 0 Å². The van der Waals surface area contributed by atoms with Crippen LogP contribution in [0, 0.1) is 0 Å². The number of hydrogen-bond acceptors (Lipinski definition) is 14. The zero-order chi connectivity index (χ0) is 48.8. The van der Waals surface area contributed by atoms with Gasteiger partial charge >= 0.3 is 17.1 Å². The Morgan fingerprint density at radius 1 is 0.486 bits per heavy atom. The predicted molar refractivity (Wildman–Crippen MR) is 306 cm³/mol. The Morgan fingerprint density at radius 2 is 0.829 bits per heavy atom. The number of thioether (sulfide) groups is 6. The molecule has 0 amide bonds. The number of halogens is 6. The fourth-order valence-electron chi connectivity index (χ4n) is 6.03. The monoisotopic (exact) mass is 1200 g/mol. The zero-order valence-electron chi connectivity index (χ0n) is 37.1. The van der Waals surface area contributed by atoms with Gasteiger partial charge in [0.25, 0.3) is 0 Å². The maximum atomic E-state index is 5.15. The number of hydrogen-bond donors (Lipinski definition) is 0. The number of benzene rings is 2. The van der Waals surface area contributed by atoms with Crippen LogP contribution in [0.15, 0.2) is 149 Å². The minimum atomic E-state index is 0.